The largest absolute Gasteiger partial charge is 0.497 e. The molecule has 4 heteroatoms. The van der Waals surface area contributed by atoms with Crippen molar-refractivity contribution in [3.63, 3.8) is 0 Å². The van der Waals surface area contributed by atoms with E-state index in [0.29, 0.717) is 5.92 Å². The summed E-state index contributed by atoms with van der Waals surface area (Å²) in [6.07, 6.45) is 4.43. The zero-order chi connectivity index (χ0) is 24.0. The predicted octanol–water partition coefficient (Wildman–Crippen LogP) is 6.44. The molecule has 1 fully saturated rings. The van der Waals surface area contributed by atoms with Crippen LogP contribution in [-0.4, -0.2) is 36.2 Å². The number of aromatic nitrogens is 1. The van der Waals surface area contributed by atoms with Crippen LogP contribution in [0.3, 0.4) is 0 Å². The third kappa shape index (κ3) is 3.95. The standard InChI is InChI=1S/C31H33ClN2O/c1-33-29-12-11-25(32)19-28(29)27-18-24-21-34(15-13-22-7-4-3-5-8-22)16-14-31(24,20-30(27)33)23-9-6-10-26(17-23)35-2/h3-12,17,19,24H,13-16,18,20-21H2,1-2H3. The monoisotopic (exact) mass is 484 g/mol. The van der Waals surface area contributed by atoms with Gasteiger partial charge in [0.15, 0.2) is 0 Å². The summed E-state index contributed by atoms with van der Waals surface area (Å²) >= 11 is 6.46. The lowest BCUT2D eigenvalue weighted by Crippen LogP contribution is -2.54. The highest BCUT2D eigenvalue weighted by Gasteiger charge is 2.48. The number of nitrogens with zero attached hydrogens (tertiary/aromatic N) is 2. The van der Waals surface area contributed by atoms with Crippen LogP contribution >= 0.6 is 11.6 Å². The summed E-state index contributed by atoms with van der Waals surface area (Å²) in [5.74, 6) is 1.51. The second kappa shape index (κ2) is 9.04. The van der Waals surface area contributed by atoms with E-state index in [4.69, 9.17) is 16.3 Å². The van der Waals surface area contributed by atoms with E-state index in [0.717, 1.165) is 49.7 Å². The van der Waals surface area contributed by atoms with Crippen LogP contribution in [0.25, 0.3) is 10.9 Å². The van der Waals surface area contributed by atoms with E-state index in [1.165, 1.54) is 39.7 Å². The van der Waals surface area contributed by atoms with E-state index in [-0.39, 0.29) is 5.41 Å². The molecule has 0 saturated carbocycles. The molecule has 2 unspecified atom stereocenters. The third-order valence-corrected chi connectivity index (χ3v) is 8.91. The average Bonchev–Trinajstić information content (AvgIpc) is 3.16. The Kier molecular flexibility index (Phi) is 5.86. The molecule has 2 aliphatic rings. The van der Waals surface area contributed by atoms with Gasteiger partial charge < -0.3 is 14.2 Å². The number of rotatable bonds is 5. The van der Waals surface area contributed by atoms with Gasteiger partial charge in [-0.3, -0.25) is 0 Å². The van der Waals surface area contributed by atoms with Crippen molar-refractivity contribution in [3.05, 3.63) is 100 Å². The van der Waals surface area contributed by atoms with Crippen LogP contribution in [0.15, 0.2) is 72.8 Å². The van der Waals surface area contributed by atoms with Crippen molar-refractivity contribution in [2.24, 2.45) is 13.0 Å². The molecular formula is C31H33ClN2O. The van der Waals surface area contributed by atoms with Crippen molar-refractivity contribution in [2.75, 3.05) is 26.7 Å². The van der Waals surface area contributed by atoms with Gasteiger partial charge in [0, 0.05) is 47.2 Å². The fourth-order valence-corrected chi connectivity index (χ4v) is 6.90. The van der Waals surface area contributed by atoms with Crippen molar-refractivity contribution < 1.29 is 4.74 Å². The molecule has 3 aromatic carbocycles. The van der Waals surface area contributed by atoms with Gasteiger partial charge in [-0.2, -0.15) is 0 Å². The Morgan fingerprint density at radius 1 is 1.03 bits per heavy atom. The number of hydrogen-bond donors (Lipinski definition) is 0. The first-order chi connectivity index (χ1) is 17.1. The minimum absolute atomic E-state index is 0.122. The number of halogens is 1. The Labute approximate surface area is 213 Å². The Bertz CT molecular complexity index is 1360. The maximum atomic E-state index is 6.46. The molecule has 1 aliphatic carbocycles. The van der Waals surface area contributed by atoms with Crippen molar-refractivity contribution >= 4 is 22.5 Å². The number of aryl methyl sites for hydroxylation is 1. The summed E-state index contributed by atoms with van der Waals surface area (Å²) in [4.78, 5) is 2.69. The van der Waals surface area contributed by atoms with E-state index < -0.39 is 0 Å². The van der Waals surface area contributed by atoms with Gasteiger partial charge in [-0.05, 0) is 85.2 Å². The highest BCUT2D eigenvalue weighted by atomic mass is 35.5. The molecule has 0 N–H and O–H groups in total. The SMILES string of the molecule is COc1cccc(C23CCN(CCc4ccccc4)CC2Cc2c(n(C)c4ccc(Cl)cc24)C3)c1. The van der Waals surface area contributed by atoms with E-state index in [9.17, 15) is 0 Å². The molecule has 1 aliphatic heterocycles. The van der Waals surface area contributed by atoms with Crippen LogP contribution in [0.4, 0.5) is 0 Å². The Balaban J connectivity index is 1.39. The molecule has 0 radical (unpaired) electrons. The summed E-state index contributed by atoms with van der Waals surface area (Å²) in [5.41, 5.74) is 7.24. The molecule has 0 amide bonds. The maximum absolute atomic E-state index is 6.46. The van der Waals surface area contributed by atoms with Crippen molar-refractivity contribution in [1.29, 1.82) is 0 Å². The zero-order valence-electron chi connectivity index (χ0n) is 20.6. The lowest BCUT2D eigenvalue weighted by atomic mass is 9.58. The summed E-state index contributed by atoms with van der Waals surface area (Å²) in [6.45, 7) is 3.37. The van der Waals surface area contributed by atoms with Gasteiger partial charge in [0.05, 0.1) is 7.11 Å². The number of fused-ring (bicyclic) bond motifs is 4. The lowest BCUT2D eigenvalue weighted by Gasteiger charge is -2.51. The van der Waals surface area contributed by atoms with Gasteiger partial charge in [-0.15, -0.1) is 0 Å². The number of benzene rings is 3. The van der Waals surface area contributed by atoms with Gasteiger partial charge >= 0.3 is 0 Å². The van der Waals surface area contributed by atoms with Crippen molar-refractivity contribution in [2.45, 2.75) is 31.1 Å². The number of ether oxygens (including phenoxy) is 1. The minimum Gasteiger partial charge on any atom is -0.497 e. The average molecular weight is 485 g/mol. The maximum Gasteiger partial charge on any atom is 0.119 e. The molecule has 6 rings (SSSR count). The lowest BCUT2D eigenvalue weighted by molar-refractivity contribution is 0.0815. The number of likely N-dealkylation sites (tertiary alicyclic amines) is 1. The Hall–Kier alpha value is -2.75. The summed E-state index contributed by atoms with van der Waals surface area (Å²) in [5, 5.41) is 2.15. The third-order valence-electron chi connectivity index (χ3n) is 8.67. The molecule has 2 heterocycles. The van der Waals surface area contributed by atoms with Crippen LogP contribution in [0.5, 0.6) is 5.75 Å². The van der Waals surface area contributed by atoms with Gasteiger partial charge in [-0.25, -0.2) is 0 Å². The zero-order valence-corrected chi connectivity index (χ0v) is 21.4. The highest BCUT2D eigenvalue weighted by Crippen LogP contribution is 2.50. The summed E-state index contributed by atoms with van der Waals surface area (Å²) < 4.78 is 8.07. The van der Waals surface area contributed by atoms with Gasteiger partial charge in [0.1, 0.15) is 5.75 Å². The first kappa shape index (κ1) is 22.7. The molecule has 180 valence electrons. The Morgan fingerprint density at radius 2 is 1.89 bits per heavy atom. The number of methoxy groups -OCH3 is 1. The Morgan fingerprint density at radius 3 is 2.71 bits per heavy atom. The molecule has 3 nitrogen and oxygen atoms in total. The molecule has 4 aromatic rings. The smallest absolute Gasteiger partial charge is 0.119 e. The van der Waals surface area contributed by atoms with Crippen molar-refractivity contribution in [3.8, 4) is 5.75 Å². The molecular weight excluding hydrogens is 452 g/mol. The second-order valence-electron chi connectivity index (χ2n) is 10.4. The van der Waals surface area contributed by atoms with E-state index in [2.05, 4.69) is 83.2 Å². The van der Waals surface area contributed by atoms with Gasteiger partial charge in [0.2, 0.25) is 0 Å². The van der Waals surface area contributed by atoms with E-state index in [1.54, 1.807) is 7.11 Å². The van der Waals surface area contributed by atoms with E-state index in [1.807, 2.05) is 6.07 Å². The predicted molar refractivity (Wildman–Crippen MR) is 145 cm³/mol. The molecule has 1 saturated heterocycles. The topological polar surface area (TPSA) is 17.4 Å². The normalized spacial score (nSPS) is 22.1. The van der Waals surface area contributed by atoms with Gasteiger partial charge in [-0.1, -0.05) is 54.1 Å². The first-order valence-electron chi connectivity index (χ1n) is 12.7. The van der Waals surface area contributed by atoms with Crippen molar-refractivity contribution in [1.82, 2.24) is 9.47 Å². The van der Waals surface area contributed by atoms with E-state index >= 15 is 0 Å². The van der Waals surface area contributed by atoms with Crippen LogP contribution in [0.2, 0.25) is 5.02 Å². The fourth-order valence-electron chi connectivity index (χ4n) is 6.73. The highest BCUT2D eigenvalue weighted by molar-refractivity contribution is 6.31. The van der Waals surface area contributed by atoms with Crippen LogP contribution in [0, 0.1) is 5.92 Å². The molecule has 0 spiro atoms. The quantitative estimate of drug-likeness (QED) is 0.324. The molecule has 0 bridgehead atoms. The number of piperidine rings is 1. The second-order valence-corrected chi connectivity index (χ2v) is 10.8. The van der Waals surface area contributed by atoms with Crippen LogP contribution < -0.4 is 4.74 Å². The van der Waals surface area contributed by atoms with Crippen LogP contribution in [0.1, 0.15) is 28.8 Å². The molecule has 35 heavy (non-hydrogen) atoms. The summed E-state index contributed by atoms with van der Waals surface area (Å²) in [6, 6.07) is 26.1. The number of hydrogen-bond acceptors (Lipinski definition) is 2. The molecule has 2 atom stereocenters. The summed E-state index contributed by atoms with van der Waals surface area (Å²) in [7, 11) is 4.00. The van der Waals surface area contributed by atoms with Crippen LogP contribution in [-0.2, 0) is 31.7 Å². The molecule has 1 aromatic heterocycles. The minimum atomic E-state index is 0.122. The van der Waals surface area contributed by atoms with Gasteiger partial charge in [0.25, 0.3) is 0 Å². The fraction of sp³-hybridized carbons (Fsp3) is 0.355. The first-order valence-corrected chi connectivity index (χ1v) is 13.1.